The predicted octanol–water partition coefficient (Wildman–Crippen LogP) is 2.31. The van der Waals surface area contributed by atoms with Crippen LogP contribution in [0, 0.1) is 17.1 Å². The van der Waals surface area contributed by atoms with E-state index in [0.717, 1.165) is 4.68 Å². The number of rotatable bonds is 4. The molecule has 0 aliphatic carbocycles. The molecule has 1 aromatic heterocycles. The van der Waals surface area contributed by atoms with Gasteiger partial charge < -0.3 is 10.5 Å². The Kier molecular flexibility index (Phi) is 4.68. The van der Waals surface area contributed by atoms with E-state index in [1.165, 1.54) is 43.0 Å². The first kappa shape index (κ1) is 15.9. The Hall–Kier alpha value is -2.53. The molecule has 0 saturated carbocycles. The van der Waals surface area contributed by atoms with Crippen LogP contribution >= 0.6 is 11.8 Å². The molecule has 6 nitrogen and oxygen atoms in total. The minimum atomic E-state index is -0.895. The number of thioether (sulfide) groups is 1. The van der Waals surface area contributed by atoms with Gasteiger partial charge in [-0.2, -0.15) is 15.0 Å². The summed E-state index contributed by atoms with van der Waals surface area (Å²) in [7, 11) is 0. The third kappa shape index (κ3) is 3.04. The molecule has 1 aromatic carbocycles. The number of nitrogens with zero attached hydrogens (tertiary/aromatic N) is 3. The van der Waals surface area contributed by atoms with Crippen molar-refractivity contribution in [3.63, 3.8) is 0 Å². The normalized spacial score (nSPS) is 11.7. The summed E-state index contributed by atoms with van der Waals surface area (Å²) in [4.78, 5) is 12.3. The summed E-state index contributed by atoms with van der Waals surface area (Å²) >= 11 is 1.22. The molecule has 0 saturated heterocycles. The topological polar surface area (TPSA) is 93.9 Å². The van der Waals surface area contributed by atoms with Crippen molar-refractivity contribution in [2.45, 2.75) is 18.1 Å². The van der Waals surface area contributed by atoms with Crippen LogP contribution in [0.3, 0.4) is 0 Å². The van der Waals surface area contributed by atoms with Crippen molar-refractivity contribution in [2.24, 2.45) is 0 Å². The molecule has 0 amide bonds. The fourth-order valence-electron chi connectivity index (χ4n) is 1.77. The lowest BCUT2D eigenvalue weighted by Gasteiger charge is -2.13. The summed E-state index contributed by atoms with van der Waals surface area (Å²) in [6.45, 7) is 1.53. The van der Waals surface area contributed by atoms with Crippen molar-refractivity contribution in [3.8, 4) is 11.8 Å². The van der Waals surface area contributed by atoms with Crippen LogP contribution in [0.2, 0.25) is 0 Å². The number of carbonyl (C=O) groups is 1. The van der Waals surface area contributed by atoms with E-state index in [1.807, 2.05) is 6.07 Å². The fourth-order valence-corrected chi connectivity index (χ4v) is 2.28. The number of ether oxygens (including phenoxy) is 1. The van der Waals surface area contributed by atoms with E-state index in [4.69, 9.17) is 15.7 Å². The van der Waals surface area contributed by atoms with Crippen LogP contribution < -0.4 is 10.5 Å². The molecule has 0 bridgehead atoms. The van der Waals surface area contributed by atoms with Crippen molar-refractivity contribution < 1.29 is 13.9 Å². The zero-order valence-electron chi connectivity index (χ0n) is 11.9. The Morgan fingerprint density at radius 3 is 2.64 bits per heavy atom. The molecule has 1 atom stereocenters. The summed E-state index contributed by atoms with van der Waals surface area (Å²) in [6, 6.07) is 7.21. The van der Waals surface area contributed by atoms with Gasteiger partial charge in [0.2, 0.25) is 0 Å². The third-order valence-electron chi connectivity index (χ3n) is 2.88. The van der Waals surface area contributed by atoms with Crippen LogP contribution in [0.5, 0.6) is 5.75 Å². The summed E-state index contributed by atoms with van der Waals surface area (Å²) in [5.74, 6) is -0.588. The number of nitrogen functional groups attached to an aromatic ring is 1. The standard InChI is InChI=1S/C14H13FN4O2S/c1-8(21-10-5-3-9(15)4-6-10)14(20)19-12(17)11(7-16)13(18-19)22-2/h3-6,8H,17H2,1-2H3/t8-/m1/s1. The summed E-state index contributed by atoms with van der Waals surface area (Å²) in [5.41, 5.74) is 5.94. The van der Waals surface area contributed by atoms with Crippen LogP contribution in [-0.2, 0) is 0 Å². The maximum absolute atomic E-state index is 12.8. The molecule has 1 heterocycles. The molecule has 0 aliphatic heterocycles. The molecule has 8 heteroatoms. The SMILES string of the molecule is CSc1nn(C(=O)[C@@H](C)Oc2ccc(F)cc2)c(N)c1C#N. The molecule has 2 N–H and O–H groups in total. The minimum absolute atomic E-state index is 0.0218. The molecule has 114 valence electrons. The fraction of sp³-hybridized carbons (Fsp3) is 0.214. The number of hydrogen-bond donors (Lipinski definition) is 1. The number of nitriles is 1. The smallest absolute Gasteiger partial charge is 0.289 e. The highest BCUT2D eigenvalue weighted by molar-refractivity contribution is 7.98. The van der Waals surface area contributed by atoms with E-state index >= 15 is 0 Å². The second-order valence-corrected chi connectivity index (χ2v) is 5.14. The second-order valence-electron chi connectivity index (χ2n) is 4.35. The second kappa shape index (κ2) is 6.49. The number of nitrogens with two attached hydrogens (primary N) is 1. The highest BCUT2D eigenvalue weighted by Gasteiger charge is 2.24. The van der Waals surface area contributed by atoms with E-state index in [9.17, 15) is 9.18 Å². The van der Waals surface area contributed by atoms with Crippen molar-refractivity contribution in [1.29, 1.82) is 5.26 Å². The van der Waals surface area contributed by atoms with Crippen molar-refractivity contribution in [3.05, 3.63) is 35.6 Å². The van der Waals surface area contributed by atoms with Gasteiger partial charge in [0.1, 0.15) is 34.0 Å². The molecule has 22 heavy (non-hydrogen) atoms. The lowest BCUT2D eigenvalue weighted by molar-refractivity contribution is 0.0712. The van der Waals surface area contributed by atoms with Gasteiger partial charge >= 0.3 is 0 Å². The van der Waals surface area contributed by atoms with Gasteiger partial charge in [-0.3, -0.25) is 4.79 Å². The van der Waals surface area contributed by atoms with Gasteiger partial charge in [0, 0.05) is 0 Å². The van der Waals surface area contributed by atoms with Gasteiger partial charge in [0.25, 0.3) is 5.91 Å². The number of benzene rings is 1. The van der Waals surface area contributed by atoms with Gasteiger partial charge in [-0.25, -0.2) is 4.39 Å². The molecule has 2 aromatic rings. The Morgan fingerprint density at radius 1 is 1.50 bits per heavy atom. The first-order valence-corrected chi connectivity index (χ1v) is 7.49. The lowest BCUT2D eigenvalue weighted by Crippen LogP contribution is -2.31. The lowest BCUT2D eigenvalue weighted by atomic mass is 10.3. The number of carbonyl (C=O) groups excluding carboxylic acids is 1. The highest BCUT2D eigenvalue weighted by atomic mass is 32.2. The highest BCUT2D eigenvalue weighted by Crippen LogP contribution is 2.24. The van der Waals surface area contributed by atoms with E-state index in [1.54, 1.807) is 6.26 Å². The molecular weight excluding hydrogens is 307 g/mol. The molecule has 0 fully saturated rings. The maximum Gasteiger partial charge on any atom is 0.289 e. The van der Waals surface area contributed by atoms with Crippen LogP contribution in [0.4, 0.5) is 10.2 Å². The van der Waals surface area contributed by atoms with Gasteiger partial charge in [0.05, 0.1) is 0 Å². The van der Waals surface area contributed by atoms with Gasteiger partial charge in [-0.15, -0.1) is 11.8 Å². The quantitative estimate of drug-likeness (QED) is 0.869. The average Bonchev–Trinajstić information content (AvgIpc) is 2.84. The minimum Gasteiger partial charge on any atom is -0.481 e. The van der Waals surface area contributed by atoms with Crippen LogP contribution in [0.25, 0.3) is 0 Å². The number of halogens is 1. The number of aromatic nitrogens is 2. The Bertz CT molecular complexity index is 737. The predicted molar refractivity (Wildman–Crippen MR) is 80.3 cm³/mol. The molecule has 0 aliphatic rings. The zero-order chi connectivity index (χ0) is 16.3. The summed E-state index contributed by atoms with van der Waals surface area (Å²) in [5, 5.41) is 13.4. The summed E-state index contributed by atoms with van der Waals surface area (Å²) in [6.07, 6.45) is 0.837. The monoisotopic (exact) mass is 320 g/mol. The Balaban J connectivity index is 2.22. The van der Waals surface area contributed by atoms with Crippen LogP contribution in [0.1, 0.15) is 17.3 Å². The number of anilines is 1. The largest absolute Gasteiger partial charge is 0.481 e. The van der Waals surface area contributed by atoms with Crippen LogP contribution in [0.15, 0.2) is 29.3 Å². The van der Waals surface area contributed by atoms with Crippen molar-refractivity contribution >= 4 is 23.5 Å². The first-order chi connectivity index (χ1) is 10.5. The molecule has 0 radical (unpaired) electrons. The van der Waals surface area contributed by atoms with Gasteiger partial charge in [-0.1, -0.05) is 0 Å². The molecule has 0 spiro atoms. The van der Waals surface area contributed by atoms with E-state index in [2.05, 4.69) is 5.10 Å². The molecule has 0 unspecified atom stereocenters. The van der Waals surface area contributed by atoms with Gasteiger partial charge in [0.15, 0.2) is 6.10 Å². The van der Waals surface area contributed by atoms with Crippen molar-refractivity contribution in [2.75, 3.05) is 12.0 Å². The van der Waals surface area contributed by atoms with E-state index in [0.29, 0.717) is 10.8 Å². The molecular formula is C14H13FN4O2S. The maximum atomic E-state index is 12.8. The third-order valence-corrected chi connectivity index (χ3v) is 3.55. The number of hydrogen-bond acceptors (Lipinski definition) is 6. The average molecular weight is 320 g/mol. The molecule has 2 rings (SSSR count). The van der Waals surface area contributed by atoms with Gasteiger partial charge in [-0.05, 0) is 37.4 Å². The van der Waals surface area contributed by atoms with E-state index in [-0.39, 0.29) is 11.4 Å². The van der Waals surface area contributed by atoms with Crippen LogP contribution in [-0.4, -0.2) is 28.0 Å². The van der Waals surface area contributed by atoms with Crippen molar-refractivity contribution in [1.82, 2.24) is 9.78 Å². The van der Waals surface area contributed by atoms with E-state index < -0.39 is 17.8 Å². The first-order valence-electron chi connectivity index (χ1n) is 6.27. The Labute approximate surface area is 130 Å². The summed E-state index contributed by atoms with van der Waals surface area (Å²) < 4.78 is 19.2. The Morgan fingerprint density at radius 2 is 2.14 bits per heavy atom. The zero-order valence-corrected chi connectivity index (χ0v) is 12.7.